The lowest BCUT2D eigenvalue weighted by Crippen LogP contribution is -2.47. The summed E-state index contributed by atoms with van der Waals surface area (Å²) in [6, 6.07) is 13.7. The predicted molar refractivity (Wildman–Crippen MR) is 160 cm³/mol. The number of likely N-dealkylation sites (tertiary alicyclic amines) is 1. The molecule has 11 heteroatoms. The molecule has 2 aromatic heterocycles. The fourth-order valence-electron chi connectivity index (χ4n) is 5.20. The zero-order chi connectivity index (χ0) is 30.2. The van der Waals surface area contributed by atoms with E-state index >= 15 is 4.39 Å². The Morgan fingerprint density at radius 3 is 2.26 bits per heavy atom. The molecule has 0 N–H and O–H groups in total. The van der Waals surface area contributed by atoms with Crippen molar-refractivity contribution in [2.75, 3.05) is 27.3 Å². The second kappa shape index (κ2) is 11.6. The van der Waals surface area contributed by atoms with Crippen molar-refractivity contribution in [1.82, 2.24) is 14.0 Å². The molecule has 222 valence electrons. The van der Waals surface area contributed by atoms with Gasteiger partial charge in [-0.25, -0.2) is 14.0 Å². The number of carbonyl (C=O) groups excluding carboxylic acids is 1. The van der Waals surface area contributed by atoms with Gasteiger partial charge in [0, 0.05) is 35.6 Å². The predicted octanol–water partition coefficient (Wildman–Crippen LogP) is 5.67. The number of methoxy groups -OCH3 is 2. The number of hydrogen-bond donors (Lipinski definition) is 0. The maximum Gasteiger partial charge on any atom is 0.410 e. The van der Waals surface area contributed by atoms with Crippen molar-refractivity contribution in [1.29, 1.82) is 0 Å². The zero-order valence-electron chi connectivity index (χ0n) is 24.3. The van der Waals surface area contributed by atoms with Gasteiger partial charge in [-0.05, 0) is 51.3 Å². The number of carbonyl (C=O) groups is 1. The van der Waals surface area contributed by atoms with E-state index < -0.39 is 29.2 Å². The molecule has 0 radical (unpaired) electrons. The molecular formula is C31H34FN3O6S. The monoisotopic (exact) mass is 595 g/mol. The fourth-order valence-corrected chi connectivity index (χ4v) is 6.31. The van der Waals surface area contributed by atoms with Crippen LogP contribution in [0.4, 0.5) is 9.18 Å². The van der Waals surface area contributed by atoms with Crippen molar-refractivity contribution in [2.24, 2.45) is 0 Å². The molecule has 1 saturated heterocycles. The summed E-state index contributed by atoms with van der Waals surface area (Å²) in [5, 5.41) is 0. The molecule has 1 amide bonds. The third-order valence-electron chi connectivity index (χ3n) is 7.27. The van der Waals surface area contributed by atoms with Crippen molar-refractivity contribution in [3.63, 3.8) is 0 Å². The van der Waals surface area contributed by atoms with Gasteiger partial charge in [0.05, 0.1) is 26.3 Å². The van der Waals surface area contributed by atoms with Gasteiger partial charge in [0.2, 0.25) is 0 Å². The molecule has 0 atom stereocenters. The van der Waals surface area contributed by atoms with Crippen LogP contribution in [0.2, 0.25) is 0 Å². The first-order valence-corrected chi connectivity index (χ1v) is 14.5. The topological polar surface area (TPSA) is 92.0 Å². The number of ether oxygens (including phenoxy) is 3. The largest absolute Gasteiger partial charge is 0.493 e. The molecular weight excluding hydrogens is 561 g/mol. The second-order valence-corrected chi connectivity index (χ2v) is 12.3. The number of rotatable bonds is 6. The minimum absolute atomic E-state index is 0.122. The quantitative estimate of drug-likeness (QED) is 0.285. The smallest absolute Gasteiger partial charge is 0.410 e. The second-order valence-electron chi connectivity index (χ2n) is 11.2. The Balaban J connectivity index is 1.59. The number of thiophene rings is 1. The van der Waals surface area contributed by atoms with Gasteiger partial charge in [0.1, 0.15) is 16.1 Å². The molecule has 0 bridgehead atoms. The lowest BCUT2D eigenvalue weighted by atomic mass is 10.1. The van der Waals surface area contributed by atoms with Crippen LogP contribution >= 0.6 is 11.3 Å². The summed E-state index contributed by atoms with van der Waals surface area (Å²) in [5.74, 6) is 0.00538. The van der Waals surface area contributed by atoms with Gasteiger partial charge in [-0.3, -0.25) is 13.9 Å². The molecule has 4 aromatic rings. The number of benzene rings is 2. The highest BCUT2D eigenvalue weighted by Gasteiger charge is 2.30. The summed E-state index contributed by atoms with van der Waals surface area (Å²) in [6.07, 6.45) is 0.388. The first-order chi connectivity index (χ1) is 20.0. The van der Waals surface area contributed by atoms with Crippen LogP contribution in [0.5, 0.6) is 11.5 Å². The van der Waals surface area contributed by atoms with Crippen LogP contribution in [-0.2, 0) is 11.3 Å². The zero-order valence-corrected chi connectivity index (χ0v) is 25.1. The van der Waals surface area contributed by atoms with Crippen LogP contribution in [0, 0.1) is 5.82 Å². The summed E-state index contributed by atoms with van der Waals surface area (Å²) in [5.41, 5.74) is 0.0147. The van der Waals surface area contributed by atoms with Crippen molar-refractivity contribution < 1.29 is 23.4 Å². The van der Waals surface area contributed by atoms with E-state index in [0.717, 1.165) is 10.4 Å². The van der Waals surface area contributed by atoms with Crippen LogP contribution in [0.1, 0.15) is 45.2 Å². The van der Waals surface area contributed by atoms with Gasteiger partial charge in [0.15, 0.2) is 11.5 Å². The Morgan fingerprint density at radius 1 is 1.00 bits per heavy atom. The highest BCUT2D eigenvalue weighted by atomic mass is 32.1. The standard InChI is InChI=1S/C31H34FN3O6S/c1-31(2,3)41-30(38)33-13-11-21(12-14-33)35-28(36)27-23(17-26(42-27)19-9-7-6-8-10-19)34(29(35)37)18-20-15-24(39-4)25(40-5)16-22(20)32/h6-10,15-17,21H,11-14,18H2,1-5H3. The molecule has 2 aromatic carbocycles. The molecule has 3 heterocycles. The van der Waals surface area contributed by atoms with Gasteiger partial charge in [-0.2, -0.15) is 0 Å². The van der Waals surface area contributed by atoms with E-state index in [9.17, 15) is 14.4 Å². The number of nitrogens with zero attached hydrogens (tertiary/aromatic N) is 3. The molecule has 0 saturated carbocycles. The van der Waals surface area contributed by atoms with Crippen molar-refractivity contribution in [2.45, 2.75) is 51.8 Å². The summed E-state index contributed by atoms with van der Waals surface area (Å²) in [4.78, 5) is 43.0. The number of amides is 1. The molecule has 1 aliphatic rings. The molecule has 1 aliphatic heterocycles. The highest BCUT2D eigenvalue weighted by Crippen LogP contribution is 2.34. The van der Waals surface area contributed by atoms with E-state index in [1.165, 1.54) is 46.8 Å². The molecule has 0 aliphatic carbocycles. The molecule has 42 heavy (non-hydrogen) atoms. The van der Waals surface area contributed by atoms with Gasteiger partial charge in [0.25, 0.3) is 5.56 Å². The molecule has 5 rings (SSSR count). The maximum atomic E-state index is 15.2. The van der Waals surface area contributed by atoms with E-state index in [4.69, 9.17) is 14.2 Å². The van der Waals surface area contributed by atoms with Crippen LogP contribution < -0.4 is 20.7 Å². The Labute approximate surface area is 246 Å². The van der Waals surface area contributed by atoms with Crippen molar-refractivity contribution in [3.05, 3.63) is 80.7 Å². The number of hydrogen-bond acceptors (Lipinski definition) is 7. The normalized spacial score (nSPS) is 14.3. The van der Waals surface area contributed by atoms with E-state index in [2.05, 4.69) is 0 Å². The Hall–Kier alpha value is -4.12. The van der Waals surface area contributed by atoms with E-state index in [1.54, 1.807) is 25.7 Å². The lowest BCUT2D eigenvalue weighted by molar-refractivity contribution is 0.0186. The molecule has 1 fully saturated rings. The van der Waals surface area contributed by atoms with Gasteiger partial charge in [-0.15, -0.1) is 11.3 Å². The van der Waals surface area contributed by atoms with Gasteiger partial charge < -0.3 is 19.1 Å². The lowest BCUT2D eigenvalue weighted by Gasteiger charge is -2.34. The highest BCUT2D eigenvalue weighted by molar-refractivity contribution is 7.22. The van der Waals surface area contributed by atoms with Crippen molar-refractivity contribution in [3.8, 4) is 21.9 Å². The summed E-state index contributed by atoms with van der Waals surface area (Å²) >= 11 is 1.30. The van der Waals surface area contributed by atoms with Gasteiger partial charge >= 0.3 is 11.8 Å². The maximum absolute atomic E-state index is 15.2. The third-order valence-corrected chi connectivity index (χ3v) is 8.44. The van der Waals surface area contributed by atoms with Crippen LogP contribution in [0.3, 0.4) is 0 Å². The Kier molecular flexibility index (Phi) is 8.14. The fraction of sp³-hybridized carbons (Fsp3) is 0.387. The summed E-state index contributed by atoms with van der Waals surface area (Å²) in [6.45, 7) is 5.98. The van der Waals surface area contributed by atoms with Crippen LogP contribution in [-0.4, -0.2) is 53.0 Å². The van der Waals surface area contributed by atoms with E-state index in [-0.39, 0.29) is 23.4 Å². The average molecular weight is 596 g/mol. The number of fused-ring (bicyclic) bond motifs is 1. The number of piperidine rings is 1. The Morgan fingerprint density at radius 2 is 1.64 bits per heavy atom. The minimum Gasteiger partial charge on any atom is -0.493 e. The molecule has 0 spiro atoms. The van der Waals surface area contributed by atoms with Crippen molar-refractivity contribution >= 4 is 27.6 Å². The molecule has 9 nitrogen and oxygen atoms in total. The third kappa shape index (κ3) is 5.78. The number of halogens is 1. The summed E-state index contributed by atoms with van der Waals surface area (Å²) in [7, 11) is 2.88. The first kappa shape index (κ1) is 29.4. The average Bonchev–Trinajstić information content (AvgIpc) is 3.41. The van der Waals surface area contributed by atoms with E-state index in [1.807, 2.05) is 36.4 Å². The van der Waals surface area contributed by atoms with E-state index in [0.29, 0.717) is 41.9 Å². The Bertz CT molecular complexity index is 1730. The number of aromatic nitrogens is 2. The van der Waals surface area contributed by atoms with Crippen LogP contribution in [0.15, 0.2) is 58.1 Å². The SMILES string of the molecule is COc1cc(F)c(Cn2c(=O)n(C3CCN(C(=O)OC(C)(C)C)CC3)c(=O)c3sc(-c4ccccc4)cc32)cc1OC. The minimum atomic E-state index is -0.626. The molecule has 0 unspecified atom stereocenters. The van der Waals surface area contributed by atoms with Crippen LogP contribution in [0.25, 0.3) is 20.7 Å². The van der Waals surface area contributed by atoms with Gasteiger partial charge in [-0.1, -0.05) is 30.3 Å². The summed E-state index contributed by atoms with van der Waals surface area (Å²) < 4.78 is 34.5. The first-order valence-electron chi connectivity index (χ1n) is 13.7.